The summed E-state index contributed by atoms with van der Waals surface area (Å²) in [7, 11) is 0. The Bertz CT molecular complexity index is 316. The van der Waals surface area contributed by atoms with Gasteiger partial charge in [-0.3, -0.25) is 0 Å². The second-order valence-corrected chi connectivity index (χ2v) is 4.93. The average Bonchev–Trinajstić information content (AvgIpc) is 2.40. The van der Waals surface area contributed by atoms with Crippen LogP contribution in [0.2, 0.25) is 0 Å². The van der Waals surface area contributed by atoms with E-state index in [2.05, 4.69) is 26.1 Å². The molecule has 2 heteroatoms. The summed E-state index contributed by atoms with van der Waals surface area (Å²) in [5, 5.41) is 3.70. The minimum Gasteiger partial charge on any atom is -0.307 e. The highest BCUT2D eigenvalue weighted by molar-refractivity contribution is 5.20. The summed E-state index contributed by atoms with van der Waals surface area (Å²) in [6.45, 7) is 6.63. The van der Waals surface area contributed by atoms with Crippen LogP contribution in [0.1, 0.15) is 64.5 Å². The molecule has 0 aliphatic heterocycles. The van der Waals surface area contributed by atoms with Crippen LogP contribution in [0.4, 0.5) is 4.39 Å². The highest BCUT2D eigenvalue weighted by Gasteiger charge is 2.14. The molecule has 0 aliphatic carbocycles. The van der Waals surface area contributed by atoms with Gasteiger partial charge in [0, 0.05) is 12.1 Å². The number of rotatable bonds is 8. The molecule has 1 aromatic carbocycles. The van der Waals surface area contributed by atoms with Gasteiger partial charge in [0.1, 0.15) is 5.82 Å². The maximum absolute atomic E-state index is 13.0. The van der Waals surface area contributed by atoms with Gasteiger partial charge in [0.2, 0.25) is 0 Å². The standard InChI is InChI=1S/C16H26FN/c1-4-7-8-16(18-15(5-2)6-3)13-9-11-14(17)12-10-13/h9-12,15-16,18H,4-8H2,1-3H3. The van der Waals surface area contributed by atoms with Gasteiger partial charge >= 0.3 is 0 Å². The van der Waals surface area contributed by atoms with Gasteiger partial charge in [-0.1, -0.05) is 45.7 Å². The molecule has 0 aromatic heterocycles. The molecule has 1 nitrogen and oxygen atoms in total. The Morgan fingerprint density at radius 1 is 1.06 bits per heavy atom. The molecule has 18 heavy (non-hydrogen) atoms. The lowest BCUT2D eigenvalue weighted by Gasteiger charge is -2.25. The van der Waals surface area contributed by atoms with Crippen LogP contribution in [0.25, 0.3) is 0 Å². The van der Waals surface area contributed by atoms with Crippen molar-refractivity contribution in [2.45, 2.75) is 65.0 Å². The van der Waals surface area contributed by atoms with E-state index < -0.39 is 0 Å². The summed E-state index contributed by atoms with van der Waals surface area (Å²) in [6, 6.07) is 7.84. The molecule has 0 aliphatic rings. The third kappa shape index (κ3) is 4.77. The van der Waals surface area contributed by atoms with Crippen molar-refractivity contribution in [1.82, 2.24) is 5.32 Å². The first-order valence-corrected chi connectivity index (χ1v) is 7.22. The molecular formula is C16H26FN. The van der Waals surface area contributed by atoms with Gasteiger partial charge in [-0.2, -0.15) is 0 Å². The van der Waals surface area contributed by atoms with Crippen molar-refractivity contribution < 1.29 is 4.39 Å². The quantitative estimate of drug-likeness (QED) is 0.697. The van der Waals surface area contributed by atoms with Crippen LogP contribution in [0.15, 0.2) is 24.3 Å². The molecule has 102 valence electrons. The normalized spacial score (nSPS) is 12.9. The lowest BCUT2D eigenvalue weighted by molar-refractivity contribution is 0.390. The molecule has 0 radical (unpaired) electrons. The zero-order valence-electron chi connectivity index (χ0n) is 11.9. The highest BCUT2D eigenvalue weighted by Crippen LogP contribution is 2.21. The molecule has 1 aromatic rings. The third-order valence-corrected chi connectivity index (χ3v) is 3.54. The molecule has 1 N–H and O–H groups in total. The van der Waals surface area contributed by atoms with Gasteiger partial charge < -0.3 is 5.32 Å². The van der Waals surface area contributed by atoms with Gasteiger partial charge in [0.25, 0.3) is 0 Å². The highest BCUT2D eigenvalue weighted by atomic mass is 19.1. The summed E-state index contributed by atoms with van der Waals surface area (Å²) in [6.07, 6.45) is 5.80. The average molecular weight is 251 g/mol. The Labute approximate surface area is 111 Å². The number of hydrogen-bond donors (Lipinski definition) is 1. The lowest BCUT2D eigenvalue weighted by atomic mass is 9.99. The van der Waals surface area contributed by atoms with E-state index in [4.69, 9.17) is 0 Å². The first kappa shape index (κ1) is 15.2. The van der Waals surface area contributed by atoms with Gasteiger partial charge in [0.05, 0.1) is 0 Å². The second-order valence-electron chi connectivity index (χ2n) is 4.93. The van der Waals surface area contributed by atoms with Gasteiger partial charge in [-0.15, -0.1) is 0 Å². The molecule has 1 rings (SSSR count). The zero-order valence-corrected chi connectivity index (χ0v) is 11.9. The number of nitrogens with one attached hydrogen (secondary N) is 1. The van der Waals surface area contributed by atoms with E-state index in [1.165, 1.54) is 18.4 Å². The summed E-state index contributed by atoms with van der Waals surface area (Å²) in [4.78, 5) is 0. The molecule has 1 unspecified atom stereocenters. The minimum absolute atomic E-state index is 0.157. The first-order valence-electron chi connectivity index (χ1n) is 7.22. The maximum atomic E-state index is 13.0. The van der Waals surface area contributed by atoms with E-state index in [0.29, 0.717) is 12.1 Å². The van der Waals surface area contributed by atoms with E-state index in [-0.39, 0.29) is 5.82 Å². The first-order chi connectivity index (χ1) is 8.71. The fourth-order valence-electron chi connectivity index (χ4n) is 2.26. The molecule has 0 saturated heterocycles. The fraction of sp³-hybridized carbons (Fsp3) is 0.625. The predicted octanol–water partition coefficient (Wildman–Crippen LogP) is 4.84. The van der Waals surface area contributed by atoms with Gasteiger partial charge in [-0.05, 0) is 37.0 Å². The lowest BCUT2D eigenvalue weighted by Crippen LogP contribution is -2.32. The zero-order chi connectivity index (χ0) is 13.4. The third-order valence-electron chi connectivity index (χ3n) is 3.54. The van der Waals surface area contributed by atoms with Crippen LogP contribution in [0, 0.1) is 5.82 Å². The number of unbranched alkanes of at least 4 members (excludes halogenated alkanes) is 1. The molecule has 0 fully saturated rings. The van der Waals surface area contributed by atoms with Crippen molar-refractivity contribution in [3.05, 3.63) is 35.6 Å². The van der Waals surface area contributed by atoms with E-state index in [0.717, 1.165) is 19.3 Å². The summed E-state index contributed by atoms with van der Waals surface area (Å²) in [5.74, 6) is -0.157. The van der Waals surface area contributed by atoms with Crippen molar-refractivity contribution in [3.8, 4) is 0 Å². The Morgan fingerprint density at radius 2 is 1.67 bits per heavy atom. The molecular weight excluding hydrogens is 225 g/mol. The smallest absolute Gasteiger partial charge is 0.123 e. The molecule has 1 atom stereocenters. The fourth-order valence-corrected chi connectivity index (χ4v) is 2.26. The summed E-state index contributed by atoms with van der Waals surface area (Å²) in [5.41, 5.74) is 1.21. The number of benzene rings is 1. The van der Waals surface area contributed by atoms with Crippen molar-refractivity contribution in [3.63, 3.8) is 0 Å². The van der Waals surface area contributed by atoms with Crippen molar-refractivity contribution in [2.24, 2.45) is 0 Å². The molecule has 0 spiro atoms. The van der Waals surface area contributed by atoms with Crippen molar-refractivity contribution in [1.29, 1.82) is 0 Å². The van der Waals surface area contributed by atoms with Crippen LogP contribution in [-0.2, 0) is 0 Å². The van der Waals surface area contributed by atoms with E-state index in [9.17, 15) is 4.39 Å². The second kappa shape index (κ2) is 8.25. The Morgan fingerprint density at radius 3 is 2.17 bits per heavy atom. The van der Waals surface area contributed by atoms with Crippen LogP contribution in [0.5, 0.6) is 0 Å². The molecule has 0 heterocycles. The molecule has 0 bridgehead atoms. The Kier molecular flexibility index (Phi) is 6.96. The number of hydrogen-bond acceptors (Lipinski definition) is 1. The van der Waals surface area contributed by atoms with Crippen molar-refractivity contribution >= 4 is 0 Å². The maximum Gasteiger partial charge on any atom is 0.123 e. The van der Waals surface area contributed by atoms with Crippen LogP contribution >= 0.6 is 0 Å². The topological polar surface area (TPSA) is 12.0 Å². The number of halogens is 1. The molecule has 0 amide bonds. The summed E-state index contributed by atoms with van der Waals surface area (Å²) < 4.78 is 13.0. The van der Waals surface area contributed by atoms with Gasteiger partial charge in [-0.25, -0.2) is 4.39 Å². The van der Waals surface area contributed by atoms with Crippen LogP contribution < -0.4 is 5.32 Å². The predicted molar refractivity (Wildman–Crippen MR) is 76.2 cm³/mol. The Balaban J connectivity index is 2.73. The van der Waals surface area contributed by atoms with Crippen LogP contribution in [0.3, 0.4) is 0 Å². The Hall–Kier alpha value is -0.890. The minimum atomic E-state index is -0.157. The molecule has 0 saturated carbocycles. The van der Waals surface area contributed by atoms with Crippen LogP contribution in [-0.4, -0.2) is 6.04 Å². The van der Waals surface area contributed by atoms with Crippen molar-refractivity contribution in [2.75, 3.05) is 0 Å². The van der Waals surface area contributed by atoms with E-state index in [1.54, 1.807) is 12.1 Å². The largest absolute Gasteiger partial charge is 0.307 e. The SMILES string of the molecule is CCCCC(NC(CC)CC)c1ccc(F)cc1. The summed E-state index contributed by atoms with van der Waals surface area (Å²) >= 11 is 0. The van der Waals surface area contributed by atoms with E-state index in [1.807, 2.05) is 12.1 Å². The monoisotopic (exact) mass is 251 g/mol. The van der Waals surface area contributed by atoms with E-state index >= 15 is 0 Å². The van der Waals surface area contributed by atoms with Gasteiger partial charge in [0.15, 0.2) is 0 Å².